The smallest absolute Gasteiger partial charge is 0.336 e. The number of halogens is 6. The van der Waals surface area contributed by atoms with E-state index in [2.05, 4.69) is 27.7 Å². The van der Waals surface area contributed by atoms with Gasteiger partial charge in [0.2, 0.25) is 0 Å². The third kappa shape index (κ3) is 6.20. The first-order chi connectivity index (χ1) is 15.9. The van der Waals surface area contributed by atoms with Crippen molar-refractivity contribution in [2.75, 3.05) is 38.1 Å². The van der Waals surface area contributed by atoms with Gasteiger partial charge in [-0.25, -0.2) is 4.98 Å². The molecule has 1 aliphatic heterocycles. The molecule has 1 saturated heterocycles. The number of hydrogen-bond acceptors (Lipinski definition) is 5. The van der Waals surface area contributed by atoms with Crippen LogP contribution in [0.5, 0.6) is 0 Å². The summed E-state index contributed by atoms with van der Waals surface area (Å²) < 4.78 is 80.4. The van der Waals surface area contributed by atoms with Crippen molar-refractivity contribution < 1.29 is 31.1 Å². The largest absolute Gasteiger partial charge is 0.416 e. The number of aromatic nitrogens is 2. The number of carbonyl (C=O) groups is 1. The number of hydrazine groups is 1. The van der Waals surface area contributed by atoms with E-state index in [4.69, 9.17) is 0 Å². The van der Waals surface area contributed by atoms with E-state index < -0.39 is 41.1 Å². The van der Waals surface area contributed by atoms with Crippen molar-refractivity contribution in [3.8, 4) is 0 Å². The Labute approximate surface area is 192 Å². The minimum Gasteiger partial charge on any atom is -0.336 e. The molecule has 1 unspecified atom stereocenters. The first-order valence-electron chi connectivity index (χ1n) is 10.7. The molecular weight excluding hydrogens is 466 g/mol. The van der Waals surface area contributed by atoms with Gasteiger partial charge in [-0.1, -0.05) is 6.92 Å². The number of aryl methyl sites for hydroxylation is 1. The topological polar surface area (TPSA) is 65.4 Å². The van der Waals surface area contributed by atoms with Gasteiger partial charge in [-0.15, -0.1) is 0 Å². The fraction of sp³-hybridized carbons (Fsp3) is 0.524. The van der Waals surface area contributed by atoms with Gasteiger partial charge in [0.15, 0.2) is 0 Å². The second kappa shape index (κ2) is 10.2. The molecule has 0 aliphatic carbocycles. The molecule has 1 aromatic carbocycles. The van der Waals surface area contributed by atoms with Crippen LogP contribution >= 0.6 is 0 Å². The second-order valence-electron chi connectivity index (χ2n) is 8.12. The van der Waals surface area contributed by atoms with E-state index in [-0.39, 0.29) is 6.07 Å². The molecule has 2 aromatic rings. The lowest BCUT2D eigenvalue weighted by Crippen LogP contribution is -2.52. The molecule has 0 saturated carbocycles. The molecule has 188 valence electrons. The van der Waals surface area contributed by atoms with Crippen LogP contribution in [0.2, 0.25) is 0 Å². The normalized spacial score (nSPS) is 16.9. The van der Waals surface area contributed by atoms with E-state index >= 15 is 0 Å². The van der Waals surface area contributed by atoms with E-state index in [0.29, 0.717) is 30.9 Å². The number of imidazole rings is 1. The Morgan fingerprint density at radius 3 is 2.09 bits per heavy atom. The van der Waals surface area contributed by atoms with Gasteiger partial charge in [0.1, 0.15) is 6.04 Å². The number of amides is 1. The van der Waals surface area contributed by atoms with Crippen molar-refractivity contribution in [2.24, 2.45) is 7.05 Å². The number of piperazine rings is 1. The summed E-state index contributed by atoms with van der Waals surface area (Å²) in [5, 5.41) is 0. The molecule has 34 heavy (non-hydrogen) atoms. The van der Waals surface area contributed by atoms with Crippen molar-refractivity contribution in [2.45, 2.75) is 31.7 Å². The molecule has 1 amide bonds. The Morgan fingerprint density at radius 2 is 1.62 bits per heavy atom. The minimum atomic E-state index is -4.99. The minimum absolute atomic E-state index is 0.0290. The lowest BCUT2D eigenvalue weighted by molar-refractivity contribution is -0.143. The number of nitrogens with zero attached hydrogens (tertiary/aromatic N) is 4. The number of hydrogen-bond donors (Lipinski definition) is 2. The van der Waals surface area contributed by atoms with Gasteiger partial charge in [0.05, 0.1) is 35.0 Å². The van der Waals surface area contributed by atoms with E-state index in [1.165, 1.54) is 12.5 Å². The Kier molecular flexibility index (Phi) is 7.76. The van der Waals surface area contributed by atoms with E-state index in [1.807, 2.05) is 4.90 Å². The average Bonchev–Trinajstić information content (AvgIpc) is 3.18. The van der Waals surface area contributed by atoms with Crippen LogP contribution in [-0.4, -0.2) is 58.0 Å². The highest BCUT2D eigenvalue weighted by Gasteiger charge is 2.37. The first kappa shape index (κ1) is 25.8. The predicted molar refractivity (Wildman–Crippen MR) is 112 cm³/mol. The molecular formula is C21H26F6N6O. The van der Waals surface area contributed by atoms with Crippen LogP contribution in [0.3, 0.4) is 0 Å². The third-order valence-electron chi connectivity index (χ3n) is 5.61. The average molecular weight is 492 g/mol. The number of anilines is 1. The van der Waals surface area contributed by atoms with Gasteiger partial charge in [-0.05, 0) is 31.2 Å². The Morgan fingerprint density at radius 1 is 1.03 bits per heavy atom. The van der Waals surface area contributed by atoms with E-state index in [9.17, 15) is 31.1 Å². The molecule has 1 aromatic heterocycles. The van der Waals surface area contributed by atoms with Crippen molar-refractivity contribution >= 4 is 11.6 Å². The molecule has 0 bridgehead atoms. The molecule has 2 N–H and O–H groups in total. The zero-order valence-electron chi connectivity index (χ0n) is 18.7. The van der Waals surface area contributed by atoms with Gasteiger partial charge < -0.3 is 9.47 Å². The van der Waals surface area contributed by atoms with Crippen LogP contribution in [0.4, 0.5) is 32.0 Å². The van der Waals surface area contributed by atoms with Crippen LogP contribution in [0.15, 0.2) is 30.7 Å². The van der Waals surface area contributed by atoms with Gasteiger partial charge in [0, 0.05) is 33.2 Å². The molecule has 1 aliphatic rings. The van der Waals surface area contributed by atoms with Gasteiger partial charge in [-0.3, -0.25) is 20.5 Å². The summed E-state index contributed by atoms with van der Waals surface area (Å²) in [6, 6.07) is 0.217. The number of benzene rings is 1. The SMILES string of the molecule is CCCN1CCN(C(C(=O)NNc2cc(C(F)(F)F)cc(C(F)(F)F)c2)c2cncn2C)CC1. The highest BCUT2D eigenvalue weighted by molar-refractivity contribution is 5.84. The summed E-state index contributed by atoms with van der Waals surface area (Å²) in [6.45, 7) is 5.57. The summed E-state index contributed by atoms with van der Waals surface area (Å²) in [5.41, 5.74) is 1.57. The number of rotatable bonds is 7. The highest BCUT2D eigenvalue weighted by atomic mass is 19.4. The first-order valence-corrected chi connectivity index (χ1v) is 10.7. The lowest BCUT2D eigenvalue weighted by Gasteiger charge is -2.38. The standard InChI is InChI=1S/C21H26F6N6O/c1-3-4-32-5-7-33(8-6-32)18(17-12-28-13-31(17)2)19(34)30-29-16-10-14(20(22,23)24)9-15(11-16)21(25,26)27/h9-13,18,29H,3-8H2,1-2H3,(H,30,34). The summed E-state index contributed by atoms with van der Waals surface area (Å²) in [7, 11) is 1.70. The molecule has 3 rings (SSSR count). The zero-order chi connectivity index (χ0) is 25.1. The Bertz CT molecular complexity index is 949. The van der Waals surface area contributed by atoms with Gasteiger partial charge >= 0.3 is 12.4 Å². The van der Waals surface area contributed by atoms with E-state index in [1.54, 1.807) is 11.6 Å². The predicted octanol–water partition coefficient (Wildman–Crippen LogP) is 3.67. The van der Waals surface area contributed by atoms with Crippen molar-refractivity contribution in [3.63, 3.8) is 0 Å². The molecule has 1 fully saturated rings. The second-order valence-corrected chi connectivity index (χ2v) is 8.12. The number of alkyl halides is 6. The maximum atomic E-state index is 13.1. The monoisotopic (exact) mass is 492 g/mol. The molecule has 0 spiro atoms. The van der Waals surface area contributed by atoms with Gasteiger partial charge in [-0.2, -0.15) is 26.3 Å². The van der Waals surface area contributed by atoms with Crippen LogP contribution in [0.1, 0.15) is 36.2 Å². The van der Waals surface area contributed by atoms with Crippen LogP contribution in [-0.2, 0) is 24.2 Å². The molecule has 2 heterocycles. The van der Waals surface area contributed by atoms with Crippen molar-refractivity contribution in [1.82, 2.24) is 24.8 Å². The maximum absolute atomic E-state index is 13.1. The van der Waals surface area contributed by atoms with E-state index in [0.717, 1.165) is 26.1 Å². The maximum Gasteiger partial charge on any atom is 0.416 e. The fourth-order valence-corrected chi connectivity index (χ4v) is 3.91. The van der Waals surface area contributed by atoms with Gasteiger partial charge in [0.25, 0.3) is 5.91 Å². The summed E-state index contributed by atoms with van der Waals surface area (Å²) in [4.78, 5) is 21.3. The molecule has 0 radical (unpaired) electrons. The van der Waals surface area contributed by atoms with Crippen LogP contribution in [0.25, 0.3) is 0 Å². The van der Waals surface area contributed by atoms with Crippen molar-refractivity contribution in [1.29, 1.82) is 0 Å². The fourth-order valence-electron chi connectivity index (χ4n) is 3.91. The quantitative estimate of drug-likeness (QED) is 0.456. The molecule has 13 heteroatoms. The molecule has 1 atom stereocenters. The lowest BCUT2D eigenvalue weighted by atomic mass is 10.1. The summed E-state index contributed by atoms with van der Waals surface area (Å²) in [5.74, 6) is -0.626. The van der Waals surface area contributed by atoms with Crippen molar-refractivity contribution in [3.05, 3.63) is 47.5 Å². The Balaban J connectivity index is 1.81. The number of carbonyl (C=O) groups excluding carboxylic acids is 1. The van der Waals surface area contributed by atoms with Crippen LogP contribution < -0.4 is 10.9 Å². The molecule has 7 nitrogen and oxygen atoms in total. The summed E-state index contributed by atoms with van der Waals surface area (Å²) >= 11 is 0. The Hall–Kier alpha value is -2.80. The summed E-state index contributed by atoms with van der Waals surface area (Å²) in [6.07, 6.45) is -5.96. The van der Waals surface area contributed by atoms with Crippen LogP contribution in [0, 0.1) is 0 Å². The highest BCUT2D eigenvalue weighted by Crippen LogP contribution is 2.37. The third-order valence-corrected chi connectivity index (χ3v) is 5.61. The number of nitrogens with one attached hydrogen (secondary N) is 2. The zero-order valence-corrected chi connectivity index (χ0v) is 18.7.